The van der Waals surface area contributed by atoms with Crippen LogP contribution in [-0.4, -0.2) is 24.5 Å². The van der Waals surface area contributed by atoms with Gasteiger partial charge in [0, 0.05) is 0 Å². The van der Waals surface area contributed by atoms with E-state index in [1.807, 2.05) is 6.07 Å². The van der Waals surface area contributed by atoms with Crippen LogP contribution in [0.2, 0.25) is 3.93 Å². The Kier molecular flexibility index (Phi) is 7.62. The van der Waals surface area contributed by atoms with Gasteiger partial charge in [-0.25, -0.2) is 0 Å². The van der Waals surface area contributed by atoms with Gasteiger partial charge in [-0.1, -0.05) is 0 Å². The molecular weight excluding hydrogens is 495 g/mol. The van der Waals surface area contributed by atoms with Crippen molar-refractivity contribution in [2.75, 3.05) is 0 Å². The van der Waals surface area contributed by atoms with Gasteiger partial charge in [-0.3, -0.25) is 0 Å². The van der Waals surface area contributed by atoms with Gasteiger partial charge in [-0.15, -0.1) is 0 Å². The van der Waals surface area contributed by atoms with Gasteiger partial charge in [0.2, 0.25) is 0 Å². The van der Waals surface area contributed by atoms with Gasteiger partial charge in [0.15, 0.2) is 0 Å². The normalized spacial score (nSPS) is 13.3. The van der Waals surface area contributed by atoms with E-state index in [0.717, 1.165) is 0 Å². The van der Waals surface area contributed by atoms with E-state index in [0.29, 0.717) is 6.61 Å². The topological polar surface area (TPSA) is 9.23 Å². The maximum absolute atomic E-state index is 6.53. The third-order valence-electron chi connectivity index (χ3n) is 6.30. The molecule has 0 spiro atoms. The van der Waals surface area contributed by atoms with Crippen molar-refractivity contribution >= 4 is 29.1 Å². The molecule has 0 bridgehead atoms. The summed E-state index contributed by atoms with van der Waals surface area (Å²) >= 11 is -3.56. The Bertz CT molecular complexity index is 998. The molecule has 4 aromatic rings. The Morgan fingerprint density at radius 1 is 0.656 bits per heavy atom. The molecule has 1 nitrogen and oxygen atoms in total. The standard InChI is InChI=1S/C12H15O.3C6H5.Sn/c1-3-7-11(2)13-10-12-8-5-4-6-9-12;3*1-2-4-6-5-3-1;/h3-9,11H,1,10H2,2H3;3*1-5H;/t11-;;;;/m0..../s1. The zero-order chi connectivity index (χ0) is 22.2. The number of hydrogen-bond donors (Lipinski definition) is 0. The minimum atomic E-state index is -3.56. The van der Waals surface area contributed by atoms with Crippen LogP contribution in [0.4, 0.5) is 0 Å². The summed E-state index contributed by atoms with van der Waals surface area (Å²) in [5.41, 5.74) is 1.20. The van der Waals surface area contributed by atoms with Gasteiger partial charge >= 0.3 is 197 Å². The molecule has 0 aliphatic heterocycles. The number of hydrogen-bond acceptors (Lipinski definition) is 1. The summed E-state index contributed by atoms with van der Waals surface area (Å²) in [5, 5.41) is 0. The predicted octanol–water partition coefficient (Wildman–Crippen LogP) is 5.32. The minimum absolute atomic E-state index is 0.0316. The first-order valence-corrected chi connectivity index (χ1v) is 17.1. The molecule has 0 aliphatic carbocycles. The number of ether oxygens (including phenoxy) is 1. The van der Waals surface area contributed by atoms with Crippen LogP contribution in [0.3, 0.4) is 0 Å². The summed E-state index contributed by atoms with van der Waals surface area (Å²) in [6.45, 7) is 7.17. The van der Waals surface area contributed by atoms with Crippen LogP contribution in [0.5, 0.6) is 0 Å². The van der Waals surface area contributed by atoms with E-state index in [-0.39, 0.29) is 10.0 Å². The molecule has 4 rings (SSSR count). The first-order chi connectivity index (χ1) is 15.8. The van der Waals surface area contributed by atoms with E-state index in [9.17, 15) is 0 Å². The molecule has 0 saturated carbocycles. The molecule has 0 heterocycles. The zero-order valence-electron chi connectivity index (χ0n) is 18.6. The second-order valence-corrected chi connectivity index (χ2v) is 19.6. The molecule has 32 heavy (non-hydrogen) atoms. The van der Waals surface area contributed by atoms with Crippen molar-refractivity contribution in [3.8, 4) is 0 Å². The Morgan fingerprint density at radius 3 is 1.41 bits per heavy atom. The summed E-state index contributed by atoms with van der Waals surface area (Å²) < 4.78 is 11.1. The van der Waals surface area contributed by atoms with Gasteiger partial charge in [0.05, 0.1) is 0 Å². The molecule has 0 aliphatic rings. The maximum atomic E-state index is 6.53. The second-order valence-electron chi connectivity index (χ2n) is 8.17. The van der Waals surface area contributed by atoms with Crippen molar-refractivity contribution < 1.29 is 4.74 Å². The molecule has 0 N–H and O–H groups in total. The van der Waals surface area contributed by atoms with Crippen molar-refractivity contribution in [2.24, 2.45) is 0 Å². The molecule has 4 aromatic carbocycles. The molecule has 0 radical (unpaired) electrons. The van der Waals surface area contributed by atoms with Gasteiger partial charge < -0.3 is 0 Å². The van der Waals surface area contributed by atoms with E-state index >= 15 is 0 Å². The molecule has 0 fully saturated rings. The van der Waals surface area contributed by atoms with Crippen molar-refractivity contribution in [3.05, 3.63) is 140 Å². The summed E-state index contributed by atoms with van der Waals surface area (Å²) in [5.74, 6) is 0. The van der Waals surface area contributed by atoms with Crippen LogP contribution in [0.1, 0.15) is 12.5 Å². The van der Waals surface area contributed by atoms with Crippen molar-refractivity contribution in [1.29, 1.82) is 0 Å². The third-order valence-corrected chi connectivity index (χ3v) is 21.8. The quantitative estimate of drug-likeness (QED) is 0.213. The number of benzene rings is 4. The average Bonchev–Trinajstić information content (AvgIpc) is 2.88. The number of rotatable bonds is 9. The van der Waals surface area contributed by atoms with E-state index in [1.54, 1.807) is 0 Å². The molecule has 0 aromatic heterocycles. The average molecular weight is 525 g/mol. The molecule has 0 amide bonds. The Labute approximate surface area is 196 Å². The fourth-order valence-corrected chi connectivity index (χ4v) is 20.4. The van der Waals surface area contributed by atoms with Gasteiger partial charge in [0.1, 0.15) is 0 Å². The molecule has 2 atom stereocenters. The molecule has 0 saturated heterocycles. The Hall–Kier alpha value is -2.62. The van der Waals surface area contributed by atoms with Crippen LogP contribution >= 0.6 is 0 Å². The van der Waals surface area contributed by atoms with Crippen LogP contribution in [-0.2, 0) is 11.3 Å². The first kappa shape index (κ1) is 22.6. The Balaban J connectivity index is 1.86. The van der Waals surface area contributed by atoms with Gasteiger partial charge in [-0.2, -0.15) is 0 Å². The van der Waals surface area contributed by atoms with Crippen molar-refractivity contribution in [2.45, 2.75) is 23.6 Å². The molecular formula is C30H30OSn. The third kappa shape index (κ3) is 4.60. The predicted molar refractivity (Wildman–Crippen MR) is 139 cm³/mol. The monoisotopic (exact) mass is 526 g/mol. The molecule has 0 unspecified atom stereocenters. The Morgan fingerprint density at radius 2 is 1.03 bits per heavy atom. The van der Waals surface area contributed by atoms with Crippen LogP contribution in [0, 0.1) is 0 Å². The fraction of sp³-hybridized carbons (Fsp3) is 0.133. The first-order valence-electron chi connectivity index (χ1n) is 11.2. The van der Waals surface area contributed by atoms with Crippen LogP contribution in [0.15, 0.2) is 134 Å². The summed E-state index contributed by atoms with van der Waals surface area (Å²) in [4.78, 5) is 0. The summed E-state index contributed by atoms with van der Waals surface area (Å²) in [6.07, 6.45) is 2.20. The molecule has 160 valence electrons. The van der Waals surface area contributed by atoms with Gasteiger partial charge in [0.25, 0.3) is 0 Å². The summed E-state index contributed by atoms with van der Waals surface area (Å²) in [6, 6.07) is 43.6. The van der Waals surface area contributed by atoms with E-state index in [4.69, 9.17) is 4.74 Å². The van der Waals surface area contributed by atoms with Crippen molar-refractivity contribution in [3.63, 3.8) is 0 Å². The molecule has 2 heteroatoms. The van der Waals surface area contributed by atoms with Gasteiger partial charge in [-0.05, 0) is 0 Å². The summed E-state index contributed by atoms with van der Waals surface area (Å²) in [7, 11) is 0. The zero-order valence-corrected chi connectivity index (χ0v) is 21.5. The fourth-order valence-electron chi connectivity index (χ4n) is 4.81. The van der Waals surface area contributed by atoms with E-state index in [2.05, 4.69) is 135 Å². The SMILES string of the molecule is C=C[C@@H]([C@H](C)OCc1ccccc1)[Sn]([c]1ccccc1)([c]1ccccc1)[c]1ccccc1. The second kappa shape index (κ2) is 10.8. The van der Waals surface area contributed by atoms with Crippen LogP contribution < -0.4 is 10.7 Å². The van der Waals surface area contributed by atoms with Crippen LogP contribution in [0.25, 0.3) is 0 Å². The van der Waals surface area contributed by atoms with Crippen molar-refractivity contribution in [1.82, 2.24) is 0 Å². The van der Waals surface area contributed by atoms with E-state index in [1.165, 1.54) is 16.3 Å². The van der Waals surface area contributed by atoms with E-state index < -0.39 is 18.4 Å².